The lowest BCUT2D eigenvalue weighted by molar-refractivity contribution is -0.147. The second-order valence-corrected chi connectivity index (χ2v) is 8.09. The predicted molar refractivity (Wildman–Crippen MR) is 123 cm³/mol. The van der Waals surface area contributed by atoms with Gasteiger partial charge in [0.05, 0.1) is 32.0 Å². The Morgan fingerprint density at radius 1 is 1.00 bits per heavy atom. The number of aliphatic carboxylic acids is 1. The van der Waals surface area contributed by atoms with E-state index in [1.54, 1.807) is 38.5 Å². The fourth-order valence-electron chi connectivity index (χ4n) is 4.15. The zero-order chi connectivity index (χ0) is 25.1. The summed E-state index contributed by atoms with van der Waals surface area (Å²) in [5.41, 5.74) is 2.24. The van der Waals surface area contributed by atoms with Gasteiger partial charge in [0.15, 0.2) is 0 Å². The molecule has 1 fully saturated rings. The molecule has 2 aliphatic rings. The highest BCUT2D eigenvalue weighted by Crippen LogP contribution is 2.33. The van der Waals surface area contributed by atoms with E-state index in [2.05, 4.69) is 5.32 Å². The summed E-state index contributed by atoms with van der Waals surface area (Å²) < 4.78 is 15.5. The van der Waals surface area contributed by atoms with Crippen LogP contribution in [0.4, 0.5) is 5.69 Å². The van der Waals surface area contributed by atoms with Crippen molar-refractivity contribution in [1.82, 2.24) is 9.80 Å². The molecule has 4 rings (SSSR count). The molecule has 1 atom stereocenters. The Morgan fingerprint density at radius 2 is 1.71 bits per heavy atom. The van der Waals surface area contributed by atoms with Crippen molar-refractivity contribution in [3.05, 3.63) is 42.0 Å². The quantitative estimate of drug-likeness (QED) is 0.597. The third-order valence-corrected chi connectivity index (χ3v) is 5.94. The van der Waals surface area contributed by atoms with Crippen LogP contribution < -0.4 is 14.8 Å². The van der Waals surface area contributed by atoms with E-state index in [0.29, 0.717) is 22.7 Å². The SMILES string of the molecule is COc1cc(OC)cc(-c2ccc3c(c2)C(=O)N2CCN(C(=O)COCC(=O)O)C[C@@H]2C(=O)N3)c1. The van der Waals surface area contributed by atoms with Crippen LogP contribution >= 0.6 is 0 Å². The monoisotopic (exact) mass is 483 g/mol. The van der Waals surface area contributed by atoms with Gasteiger partial charge in [0.2, 0.25) is 11.8 Å². The molecule has 0 aromatic heterocycles. The number of nitrogens with zero attached hydrogens (tertiary/aromatic N) is 2. The van der Waals surface area contributed by atoms with Crippen molar-refractivity contribution < 1.29 is 38.5 Å². The predicted octanol–water partition coefficient (Wildman–Crippen LogP) is 1.08. The van der Waals surface area contributed by atoms with Crippen LogP contribution in [0.25, 0.3) is 11.1 Å². The number of carboxylic acid groups (broad SMARTS) is 1. The highest BCUT2D eigenvalue weighted by atomic mass is 16.5. The number of carbonyl (C=O) groups excluding carboxylic acids is 3. The third kappa shape index (κ3) is 5.04. The number of anilines is 1. The zero-order valence-corrected chi connectivity index (χ0v) is 19.3. The molecule has 11 heteroatoms. The van der Waals surface area contributed by atoms with E-state index in [0.717, 1.165) is 11.1 Å². The molecule has 2 aromatic carbocycles. The largest absolute Gasteiger partial charge is 0.497 e. The van der Waals surface area contributed by atoms with Gasteiger partial charge in [-0.25, -0.2) is 4.79 Å². The molecule has 0 saturated carbocycles. The average molecular weight is 483 g/mol. The number of hydrogen-bond donors (Lipinski definition) is 2. The molecule has 0 unspecified atom stereocenters. The summed E-state index contributed by atoms with van der Waals surface area (Å²) in [5.74, 6) is -1.15. The lowest BCUT2D eigenvalue weighted by atomic mass is 10.0. The number of fused-ring (bicyclic) bond motifs is 2. The average Bonchev–Trinajstić information content (AvgIpc) is 2.97. The lowest BCUT2D eigenvalue weighted by Gasteiger charge is -2.39. The number of carbonyl (C=O) groups is 4. The molecule has 2 heterocycles. The van der Waals surface area contributed by atoms with Crippen LogP contribution in [0.3, 0.4) is 0 Å². The second kappa shape index (κ2) is 10.0. The minimum atomic E-state index is -1.18. The van der Waals surface area contributed by atoms with Crippen molar-refractivity contribution in [2.45, 2.75) is 6.04 Å². The molecule has 2 aromatic rings. The van der Waals surface area contributed by atoms with Crippen LogP contribution in [0.1, 0.15) is 10.4 Å². The number of methoxy groups -OCH3 is 2. The summed E-state index contributed by atoms with van der Waals surface area (Å²) in [4.78, 5) is 52.3. The van der Waals surface area contributed by atoms with Gasteiger partial charge < -0.3 is 34.4 Å². The highest BCUT2D eigenvalue weighted by molar-refractivity contribution is 6.10. The molecule has 0 spiro atoms. The summed E-state index contributed by atoms with van der Waals surface area (Å²) in [5, 5.41) is 11.5. The number of benzene rings is 2. The minimum Gasteiger partial charge on any atom is -0.497 e. The van der Waals surface area contributed by atoms with Crippen LogP contribution in [0, 0.1) is 0 Å². The third-order valence-electron chi connectivity index (χ3n) is 5.94. The second-order valence-electron chi connectivity index (χ2n) is 8.09. The molecule has 2 aliphatic heterocycles. The van der Waals surface area contributed by atoms with Gasteiger partial charge in [-0.05, 0) is 35.4 Å². The van der Waals surface area contributed by atoms with Gasteiger partial charge in [0.25, 0.3) is 5.91 Å². The number of hydrogen-bond acceptors (Lipinski definition) is 7. The Bertz CT molecular complexity index is 1160. The van der Waals surface area contributed by atoms with Gasteiger partial charge in [-0.2, -0.15) is 0 Å². The molecule has 3 amide bonds. The maximum absolute atomic E-state index is 13.5. The first-order valence-electron chi connectivity index (χ1n) is 10.9. The van der Waals surface area contributed by atoms with E-state index in [-0.39, 0.29) is 25.5 Å². The Balaban J connectivity index is 1.57. The number of nitrogens with one attached hydrogen (secondary N) is 1. The molecule has 2 N–H and O–H groups in total. The zero-order valence-electron chi connectivity index (χ0n) is 19.3. The van der Waals surface area contributed by atoms with Gasteiger partial charge >= 0.3 is 5.97 Å². The van der Waals surface area contributed by atoms with E-state index in [9.17, 15) is 19.2 Å². The summed E-state index contributed by atoms with van der Waals surface area (Å²) >= 11 is 0. The Morgan fingerprint density at radius 3 is 2.37 bits per heavy atom. The summed E-state index contributed by atoms with van der Waals surface area (Å²) in [6.07, 6.45) is 0. The Labute approximate surface area is 201 Å². The first-order chi connectivity index (χ1) is 16.8. The molecule has 0 bridgehead atoms. The standard InChI is InChI=1S/C24H25N3O8/c1-33-16-7-15(8-17(10-16)34-2)14-3-4-19-18(9-14)24(32)27-6-5-26(11-20(27)23(31)25-19)21(28)12-35-13-22(29)30/h3-4,7-10,20H,5-6,11-13H2,1-2H3,(H,25,31)(H,29,30)/t20-/m1/s1. The lowest BCUT2D eigenvalue weighted by Crippen LogP contribution is -2.60. The first kappa shape index (κ1) is 24.0. The number of amides is 3. The van der Waals surface area contributed by atoms with E-state index in [4.69, 9.17) is 19.3 Å². The van der Waals surface area contributed by atoms with Crippen LogP contribution in [0.2, 0.25) is 0 Å². The van der Waals surface area contributed by atoms with Crippen LogP contribution in [-0.2, 0) is 19.1 Å². The first-order valence-corrected chi connectivity index (χ1v) is 10.9. The topological polar surface area (TPSA) is 135 Å². The normalized spacial score (nSPS) is 17.1. The van der Waals surface area contributed by atoms with Gasteiger partial charge in [-0.3, -0.25) is 14.4 Å². The smallest absolute Gasteiger partial charge is 0.329 e. The molecule has 184 valence electrons. The van der Waals surface area contributed by atoms with Crippen molar-refractivity contribution >= 4 is 29.4 Å². The molecule has 1 saturated heterocycles. The van der Waals surface area contributed by atoms with E-state index < -0.39 is 37.0 Å². The molecule has 11 nitrogen and oxygen atoms in total. The fourth-order valence-corrected chi connectivity index (χ4v) is 4.15. The van der Waals surface area contributed by atoms with Gasteiger partial charge in [0, 0.05) is 19.2 Å². The van der Waals surface area contributed by atoms with Crippen LogP contribution in [0.15, 0.2) is 36.4 Å². The summed E-state index contributed by atoms with van der Waals surface area (Å²) in [6.45, 7) is -0.668. The van der Waals surface area contributed by atoms with Crippen molar-refractivity contribution in [2.24, 2.45) is 0 Å². The number of rotatable bonds is 7. The maximum atomic E-state index is 13.5. The van der Waals surface area contributed by atoms with Gasteiger partial charge in [0.1, 0.15) is 30.8 Å². The van der Waals surface area contributed by atoms with Crippen molar-refractivity contribution in [2.75, 3.05) is 52.4 Å². The highest BCUT2D eigenvalue weighted by Gasteiger charge is 2.40. The number of ether oxygens (including phenoxy) is 3. The molecular weight excluding hydrogens is 458 g/mol. The minimum absolute atomic E-state index is 0.0131. The number of piperazine rings is 1. The van der Waals surface area contributed by atoms with Crippen molar-refractivity contribution in [3.63, 3.8) is 0 Å². The van der Waals surface area contributed by atoms with Crippen LogP contribution in [0.5, 0.6) is 11.5 Å². The molecule has 0 aliphatic carbocycles. The number of carboxylic acids is 1. The van der Waals surface area contributed by atoms with Gasteiger partial charge in [-0.15, -0.1) is 0 Å². The van der Waals surface area contributed by atoms with Gasteiger partial charge in [-0.1, -0.05) is 6.07 Å². The Kier molecular flexibility index (Phi) is 6.87. The van der Waals surface area contributed by atoms with Crippen molar-refractivity contribution in [3.8, 4) is 22.6 Å². The van der Waals surface area contributed by atoms with Crippen molar-refractivity contribution in [1.29, 1.82) is 0 Å². The molecular formula is C24H25N3O8. The summed E-state index contributed by atoms with van der Waals surface area (Å²) in [7, 11) is 3.11. The fraction of sp³-hybridized carbons (Fsp3) is 0.333. The van der Waals surface area contributed by atoms with E-state index in [1.165, 1.54) is 9.80 Å². The van der Waals surface area contributed by atoms with E-state index in [1.807, 2.05) is 12.1 Å². The van der Waals surface area contributed by atoms with E-state index >= 15 is 0 Å². The molecule has 35 heavy (non-hydrogen) atoms. The molecule has 0 radical (unpaired) electrons. The Hall–Kier alpha value is -4.12. The van der Waals surface area contributed by atoms with Crippen LogP contribution in [-0.4, -0.2) is 91.7 Å². The summed E-state index contributed by atoms with van der Waals surface area (Å²) in [6, 6.07) is 9.69. The maximum Gasteiger partial charge on any atom is 0.329 e.